The minimum atomic E-state index is -0.0864. The van der Waals surface area contributed by atoms with Crippen molar-refractivity contribution in [2.45, 2.75) is 6.04 Å². The smallest absolute Gasteiger partial charge is 0.0645 e. The average Bonchev–Trinajstić information content (AvgIpc) is 2.82. The molecule has 0 aliphatic carbocycles. The Bertz CT molecular complexity index is 405. The number of hydrogen-bond acceptors (Lipinski definition) is 3. The second-order valence-corrected chi connectivity index (χ2v) is 3.38. The lowest BCUT2D eigenvalue weighted by Gasteiger charge is -2.09. The molecule has 0 bridgehead atoms. The molecule has 1 heterocycles. The lowest BCUT2D eigenvalue weighted by atomic mass is 10.1. The van der Waals surface area contributed by atoms with Gasteiger partial charge in [0, 0.05) is 25.0 Å². The third-order valence-corrected chi connectivity index (χ3v) is 2.34. The molecular formula is C11H14N4. The summed E-state index contributed by atoms with van der Waals surface area (Å²) in [5.41, 5.74) is 13.4. The Morgan fingerprint density at radius 3 is 2.53 bits per heavy atom. The molecule has 2 rings (SSSR count). The van der Waals surface area contributed by atoms with Crippen LogP contribution in [0.15, 0.2) is 42.7 Å². The zero-order valence-electron chi connectivity index (χ0n) is 8.38. The largest absolute Gasteiger partial charge is 0.329 e. The summed E-state index contributed by atoms with van der Waals surface area (Å²) in [4.78, 5) is 0. The van der Waals surface area contributed by atoms with Crippen LogP contribution < -0.4 is 11.5 Å². The molecule has 0 saturated carbocycles. The topological polar surface area (TPSA) is 69.9 Å². The summed E-state index contributed by atoms with van der Waals surface area (Å²) in [5.74, 6) is 0. The molecule has 4 heteroatoms. The van der Waals surface area contributed by atoms with Crippen LogP contribution in [-0.4, -0.2) is 16.3 Å². The summed E-state index contributed by atoms with van der Waals surface area (Å²) in [7, 11) is 0. The van der Waals surface area contributed by atoms with Crippen LogP contribution in [0, 0.1) is 0 Å². The molecule has 1 aromatic carbocycles. The first-order valence-electron chi connectivity index (χ1n) is 4.87. The highest BCUT2D eigenvalue weighted by Gasteiger charge is 2.03. The highest BCUT2D eigenvalue weighted by molar-refractivity contribution is 5.34. The van der Waals surface area contributed by atoms with Gasteiger partial charge in [-0.15, -0.1) is 0 Å². The summed E-state index contributed by atoms with van der Waals surface area (Å²) < 4.78 is 1.80. The highest BCUT2D eigenvalue weighted by Crippen LogP contribution is 2.12. The van der Waals surface area contributed by atoms with E-state index in [1.807, 2.05) is 36.5 Å². The van der Waals surface area contributed by atoms with Gasteiger partial charge in [-0.3, -0.25) is 0 Å². The third-order valence-electron chi connectivity index (χ3n) is 2.34. The molecule has 0 amide bonds. The first-order chi connectivity index (χ1) is 7.31. The van der Waals surface area contributed by atoms with E-state index in [1.165, 1.54) is 0 Å². The van der Waals surface area contributed by atoms with Gasteiger partial charge in [-0.05, 0) is 23.8 Å². The standard InChI is InChI=1S/C11H14N4/c12-8-11(13)9-2-4-10(5-3-9)15-7-1-6-14-15/h1-7,11H,8,12-13H2. The van der Waals surface area contributed by atoms with E-state index < -0.39 is 0 Å². The van der Waals surface area contributed by atoms with Crippen molar-refractivity contribution in [3.05, 3.63) is 48.3 Å². The van der Waals surface area contributed by atoms with Crippen molar-refractivity contribution >= 4 is 0 Å². The van der Waals surface area contributed by atoms with Crippen molar-refractivity contribution in [2.75, 3.05) is 6.54 Å². The molecule has 0 radical (unpaired) electrons. The molecule has 0 saturated heterocycles. The molecular weight excluding hydrogens is 188 g/mol. The lowest BCUT2D eigenvalue weighted by Crippen LogP contribution is -2.20. The molecule has 2 aromatic rings. The summed E-state index contributed by atoms with van der Waals surface area (Å²) in [6.07, 6.45) is 3.65. The fraction of sp³-hybridized carbons (Fsp3) is 0.182. The van der Waals surface area contributed by atoms with Gasteiger partial charge in [-0.1, -0.05) is 12.1 Å². The van der Waals surface area contributed by atoms with Gasteiger partial charge >= 0.3 is 0 Å². The van der Waals surface area contributed by atoms with Gasteiger partial charge in [0.25, 0.3) is 0 Å². The van der Waals surface area contributed by atoms with Crippen molar-refractivity contribution in [2.24, 2.45) is 11.5 Å². The maximum absolute atomic E-state index is 5.82. The van der Waals surface area contributed by atoms with Gasteiger partial charge in [-0.25, -0.2) is 4.68 Å². The second-order valence-electron chi connectivity index (χ2n) is 3.38. The van der Waals surface area contributed by atoms with Crippen LogP contribution in [0.5, 0.6) is 0 Å². The molecule has 0 aliphatic rings. The van der Waals surface area contributed by atoms with E-state index in [4.69, 9.17) is 11.5 Å². The van der Waals surface area contributed by atoms with Crippen molar-refractivity contribution in [3.63, 3.8) is 0 Å². The number of nitrogens with two attached hydrogens (primary N) is 2. The Kier molecular flexibility index (Phi) is 2.80. The molecule has 1 unspecified atom stereocenters. The first-order valence-corrected chi connectivity index (χ1v) is 4.87. The molecule has 0 fully saturated rings. The van der Waals surface area contributed by atoms with Crippen LogP contribution in [0.4, 0.5) is 0 Å². The van der Waals surface area contributed by atoms with Gasteiger partial charge in [-0.2, -0.15) is 5.10 Å². The SMILES string of the molecule is NCC(N)c1ccc(-n2cccn2)cc1. The summed E-state index contributed by atoms with van der Waals surface area (Å²) in [6.45, 7) is 0.459. The number of nitrogens with zero attached hydrogens (tertiary/aromatic N) is 2. The molecule has 1 atom stereocenters. The quantitative estimate of drug-likeness (QED) is 0.774. The van der Waals surface area contributed by atoms with Crippen molar-refractivity contribution in [1.29, 1.82) is 0 Å². The number of benzene rings is 1. The van der Waals surface area contributed by atoms with E-state index in [9.17, 15) is 0 Å². The highest BCUT2D eigenvalue weighted by atomic mass is 15.3. The molecule has 4 nitrogen and oxygen atoms in total. The molecule has 1 aromatic heterocycles. The second kappa shape index (κ2) is 4.25. The Balaban J connectivity index is 2.25. The van der Waals surface area contributed by atoms with Crippen LogP contribution in [0.3, 0.4) is 0 Å². The van der Waals surface area contributed by atoms with Crippen molar-refractivity contribution in [3.8, 4) is 5.69 Å². The molecule has 0 spiro atoms. The predicted octanol–water partition coefficient (Wildman–Crippen LogP) is 0.831. The molecule has 15 heavy (non-hydrogen) atoms. The van der Waals surface area contributed by atoms with Gasteiger partial charge in [0.15, 0.2) is 0 Å². The molecule has 78 valence electrons. The number of rotatable bonds is 3. The normalized spacial score (nSPS) is 12.7. The fourth-order valence-corrected chi connectivity index (χ4v) is 1.43. The third kappa shape index (κ3) is 2.06. The van der Waals surface area contributed by atoms with Gasteiger partial charge in [0.2, 0.25) is 0 Å². The lowest BCUT2D eigenvalue weighted by molar-refractivity contribution is 0.736. The Morgan fingerprint density at radius 2 is 2.00 bits per heavy atom. The van der Waals surface area contributed by atoms with E-state index in [2.05, 4.69) is 5.10 Å². The number of hydrogen-bond donors (Lipinski definition) is 2. The van der Waals surface area contributed by atoms with Crippen molar-refractivity contribution < 1.29 is 0 Å². The van der Waals surface area contributed by atoms with E-state index >= 15 is 0 Å². The van der Waals surface area contributed by atoms with Gasteiger partial charge < -0.3 is 11.5 Å². The summed E-state index contributed by atoms with van der Waals surface area (Å²) in [6, 6.07) is 9.73. The monoisotopic (exact) mass is 202 g/mol. The zero-order chi connectivity index (χ0) is 10.7. The zero-order valence-corrected chi connectivity index (χ0v) is 8.38. The maximum atomic E-state index is 5.82. The van der Waals surface area contributed by atoms with E-state index in [-0.39, 0.29) is 6.04 Å². The summed E-state index contributed by atoms with van der Waals surface area (Å²) >= 11 is 0. The van der Waals surface area contributed by atoms with E-state index in [1.54, 1.807) is 10.9 Å². The van der Waals surface area contributed by atoms with Crippen LogP contribution in [0.25, 0.3) is 5.69 Å². The maximum Gasteiger partial charge on any atom is 0.0645 e. The van der Waals surface area contributed by atoms with Gasteiger partial charge in [0.05, 0.1) is 5.69 Å². The summed E-state index contributed by atoms with van der Waals surface area (Å²) in [5, 5.41) is 4.14. The number of aromatic nitrogens is 2. The van der Waals surface area contributed by atoms with Crippen LogP contribution >= 0.6 is 0 Å². The minimum Gasteiger partial charge on any atom is -0.329 e. The average molecular weight is 202 g/mol. The van der Waals surface area contributed by atoms with Crippen molar-refractivity contribution in [1.82, 2.24) is 9.78 Å². The van der Waals surface area contributed by atoms with Gasteiger partial charge in [0.1, 0.15) is 0 Å². The van der Waals surface area contributed by atoms with Crippen LogP contribution in [0.1, 0.15) is 11.6 Å². The fourth-order valence-electron chi connectivity index (χ4n) is 1.43. The van der Waals surface area contributed by atoms with E-state index in [0.29, 0.717) is 6.54 Å². The Morgan fingerprint density at radius 1 is 1.27 bits per heavy atom. The van der Waals surface area contributed by atoms with Crippen LogP contribution in [0.2, 0.25) is 0 Å². The predicted molar refractivity (Wildman–Crippen MR) is 59.5 cm³/mol. The molecule has 0 aliphatic heterocycles. The van der Waals surface area contributed by atoms with Crippen LogP contribution in [-0.2, 0) is 0 Å². The Hall–Kier alpha value is -1.65. The van der Waals surface area contributed by atoms with E-state index in [0.717, 1.165) is 11.3 Å². The minimum absolute atomic E-state index is 0.0864. The molecule has 4 N–H and O–H groups in total. The Labute approximate surface area is 88.5 Å². The first kappa shape index (κ1) is 9.89.